The highest BCUT2D eigenvalue weighted by molar-refractivity contribution is 7.89. The van der Waals surface area contributed by atoms with Crippen molar-refractivity contribution >= 4 is 27.3 Å². The number of carbonyl (C=O) groups excluding carboxylic acids is 1. The van der Waals surface area contributed by atoms with Gasteiger partial charge in [0.2, 0.25) is 10.0 Å². The average molecular weight is 420 g/mol. The van der Waals surface area contributed by atoms with Crippen molar-refractivity contribution in [3.05, 3.63) is 53.8 Å². The summed E-state index contributed by atoms with van der Waals surface area (Å²) in [6.07, 6.45) is 2.07. The minimum atomic E-state index is -3.59. The van der Waals surface area contributed by atoms with Crippen LogP contribution in [0.2, 0.25) is 0 Å². The first-order valence-corrected chi connectivity index (χ1v) is 11.3. The number of sulfonamides is 1. The molecular weight excluding hydrogens is 393 g/mol. The summed E-state index contributed by atoms with van der Waals surface area (Å²) in [5, 5.41) is 2.66. The van der Waals surface area contributed by atoms with Gasteiger partial charge >= 0.3 is 0 Å². The first kappa shape index (κ1) is 21.3. The third-order valence-electron chi connectivity index (χ3n) is 5.14. The Balaban J connectivity index is 1.82. The maximum absolute atomic E-state index is 14.4. The number of anilines is 2. The molecule has 1 N–H and O–H groups in total. The molecule has 1 aliphatic heterocycles. The number of amides is 1. The summed E-state index contributed by atoms with van der Waals surface area (Å²) in [6, 6.07) is 10.4. The molecule has 3 rings (SSSR count). The minimum absolute atomic E-state index is 0.126. The van der Waals surface area contributed by atoms with Crippen molar-refractivity contribution in [1.29, 1.82) is 0 Å². The molecule has 0 atom stereocenters. The van der Waals surface area contributed by atoms with Crippen LogP contribution < -0.4 is 10.2 Å². The van der Waals surface area contributed by atoms with Crippen molar-refractivity contribution in [1.82, 2.24) is 4.31 Å². The Bertz CT molecular complexity index is 967. The van der Waals surface area contributed by atoms with Crippen LogP contribution in [0.5, 0.6) is 0 Å². The summed E-state index contributed by atoms with van der Waals surface area (Å²) in [6.45, 7) is 5.93. The normalized spacial score (nSPS) is 14.4. The molecule has 0 aliphatic carbocycles. The fraction of sp³-hybridized carbons (Fsp3) is 0.381. The lowest BCUT2D eigenvalue weighted by molar-refractivity contribution is 0.102. The van der Waals surface area contributed by atoms with Gasteiger partial charge < -0.3 is 10.2 Å². The summed E-state index contributed by atoms with van der Waals surface area (Å²) in [5.74, 6) is -0.981. The molecule has 0 radical (unpaired) electrons. The molecular formula is C21H26FN3O3S. The van der Waals surface area contributed by atoms with E-state index >= 15 is 0 Å². The largest absolute Gasteiger partial charge is 0.370 e. The van der Waals surface area contributed by atoms with Crippen molar-refractivity contribution in [3.63, 3.8) is 0 Å². The van der Waals surface area contributed by atoms with Crippen LogP contribution in [0.3, 0.4) is 0 Å². The van der Waals surface area contributed by atoms with Gasteiger partial charge in [-0.05, 0) is 49.2 Å². The van der Waals surface area contributed by atoms with Crippen LogP contribution in [0.4, 0.5) is 15.8 Å². The van der Waals surface area contributed by atoms with E-state index in [0.717, 1.165) is 25.9 Å². The second-order valence-corrected chi connectivity index (χ2v) is 8.83. The summed E-state index contributed by atoms with van der Waals surface area (Å²) in [7, 11) is -3.59. The number of nitrogens with one attached hydrogen (secondary N) is 1. The fourth-order valence-corrected chi connectivity index (χ4v) is 4.99. The number of benzene rings is 2. The van der Waals surface area contributed by atoms with Crippen molar-refractivity contribution in [2.75, 3.05) is 36.4 Å². The van der Waals surface area contributed by atoms with E-state index in [-0.39, 0.29) is 16.1 Å². The number of nitrogens with zero attached hydrogens (tertiary/aromatic N) is 2. The van der Waals surface area contributed by atoms with Gasteiger partial charge in [0.1, 0.15) is 11.5 Å². The van der Waals surface area contributed by atoms with Gasteiger partial charge in [0, 0.05) is 31.7 Å². The molecule has 29 heavy (non-hydrogen) atoms. The molecule has 0 saturated carbocycles. The predicted octanol–water partition coefficient (Wildman–Crippen LogP) is 3.71. The van der Waals surface area contributed by atoms with E-state index in [0.29, 0.717) is 18.8 Å². The van der Waals surface area contributed by atoms with Crippen LogP contribution in [0.15, 0.2) is 47.4 Å². The van der Waals surface area contributed by atoms with E-state index in [4.69, 9.17) is 0 Å². The summed E-state index contributed by atoms with van der Waals surface area (Å²) < 4.78 is 40.9. The lowest BCUT2D eigenvalue weighted by atomic mass is 10.2. The van der Waals surface area contributed by atoms with E-state index in [2.05, 4.69) is 10.2 Å². The molecule has 2 aromatic rings. The van der Waals surface area contributed by atoms with Crippen LogP contribution in [-0.4, -0.2) is 44.8 Å². The first-order chi connectivity index (χ1) is 13.9. The number of hydrogen-bond acceptors (Lipinski definition) is 4. The van der Waals surface area contributed by atoms with Gasteiger partial charge in [0.15, 0.2) is 0 Å². The summed E-state index contributed by atoms with van der Waals surface area (Å²) in [5.41, 5.74) is 1.08. The second-order valence-electron chi connectivity index (χ2n) is 6.90. The zero-order chi connectivity index (χ0) is 21.0. The van der Waals surface area contributed by atoms with Crippen molar-refractivity contribution < 1.29 is 17.6 Å². The Kier molecular flexibility index (Phi) is 6.54. The molecule has 1 saturated heterocycles. The SMILES string of the molecule is CCN(CC)S(=O)(=O)c1ccc(C(=O)Nc2c(F)cccc2N2CCCC2)cc1. The standard InChI is InChI=1S/C21H26FN3O3S/c1-3-25(4-2)29(27,28)17-12-10-16(11-13-17)21(26)23-20-18(22)8-7-9-19(20)24-14-5-6-15-24/h7-13H,3-6,14-15H2,1-2H3,(H,23,26). The van der Waals surface area contributed by atoms with E-state index in [1.807, 2.05) is 0 Å². The van der Waals surface area contributed by atoms with Crippen LogP contribution in [0.25, 0.3) is 0 Å². The molecule has 156 valence electrons. The van der Waals surface area contributed by atoms with Crippen LogP contribution in [0, 0.1) is 5.82 Å². The molecule has 0 unspecified atom stereocenters. The summed E-state index contributed by atoms with van der Waals surface area (Å²) in [4.78, 5) is 14.9. The number of carbonyl (C=O) groups is 1. The molecule has 0 aromatic heterocycles. The highest BCUT2D eigenvalue weighted by Crippen LogP contribution is 2.31. The zero-order valence-corrected chi connectivity index (χ0v) is 17.5. The monoisotopic (exact) mass is 419 g/mol. The number of para-hydroxylation sites is 1. The Morgan fingerprint density at radius 2 is 1.69 bits per heavy atom. The van der Waals surface area contributed by atoms with Crippen molar-refractivity contribution in [2.24, 2.45) is 0 Å². The second kappa shape index (κ2) is 8.92. The number of hydrogen-bond donors (Lipinski definition) is 1. The lowest BCUT2D eigenvalue weighted by Gasteiger charge is -2.22. The number of halogens is 1. The van der Waals surface area contributed by atoms with Gasteiger partial charge in [-0.1, -0.05) is 19.9 Å². The fourth-order valence-electron chi connectivity index (χ4n) is 3.53. The van der Waals surface area contributed by atoms with E-state index < -0.39 is 21.7 Å². The Morgan fingerprint density at radius 1 is 1.07 bits per heavy atom. The lowest BCUT2D eigenvalue weighted by Crippen LogP contribution is -2.30. The van der Waals surface area contributed by atoms with E-state index in [9.17, 15) is 17.6 Å². The molecule has 0 bridgehead atoms. The zero-order valence-electron chi connectivity index (χ0n) is 16.7. The Labute approximate surface area is 171 Å². The molecule has 2 aromatic carbocycles. The van der Waals surface area contributed by atoms with Crippen LogP contribution in [-0.2, 0) is 10.0 Å². The average Bonchev–Trinajstić information content (AvgIpc) is 3.25. The van der Waals surface area contributed by atoms with Gasteiger partial charge in [-0.3, -0.25) is 4.79 Å². The molecule has 8 heteroatoms. The van der Waals surface area contributed by atoms with Gasteiger partial charge in [0.25, 0.3) is 5.91 Å². The quantitative estimate of drug-likeness (QED) is 0.743. The maximum Gasteiger partial charge on any atom is 0.255 e. The van der Waals surface area contributed by atoms with Gasteiger partial charge in [0.05, 0.1) is 10.6 Å². The van der Waals surface area contributed by atoms with Crippen LogP contribution in [0.1, 0.15) is 37.0 Å². The molecule has 6 nitrogen and oxygen atoms in total. The molecule has 1 amide bonds. The highest BCUT2D eigenvalue weighted by Gasteiger charge is 2.23. The highest BCUT2D eigenvalue weighted by atomic mass is 32.2. The smallest absolute Gasteiger partial charge is 0.255 e. The molecule has 0 spiro atoms. The van der Waals surface area contributed by atoms with Gasteiger partial charge in [-0.15, -0.1) is 0 Å². The minimum Gasteiger partial charge on any atom is -0.370 e. The van der Waals surface area contributed by atoms with Crippen molar-refractivity contribution in [2.45, 2.75) is 31.6 Å². The third-order valence-corrected chi connectivity index (χ3v) is 7.20. The van der Waals surface area contributed by atoms with Crippen molar-refractivity contribution in [3.8, 4) is 0 Å². The van der Waals surface area contributed by atoms with E-state index in [1.165, 1.54) is 34.6 Å². The molecule has 1 heterocycles. The van der Waals surface area contributed by atoms with E-state index in [1.54, 1.807) is 26.0 Å². The third kappa shape index (κ3) is 4.43. The Morgan fingerprint density at radius 3 is 2.28 bits per heavy atom. The van der Waals surface area contributed by atoms with Crippen LogP contribution >= 0.6 is 0 Å². The molecule has 1 fully saturated rings. The topological polar surface area (TPSA) is 69.7 Å². The predicted molar refractivity (Wildman–Crippen MR) is 112 cm³/mol. The van der Waals surface area contributed by atoms with Gasteiger partial charge in [-0.25, -0.2) is 12.8 Å². The van der Waals surface area contributed by atoms with Gasteiger partial charge in [-0.2, -0.15) is 4.31 Å². The maximum atomic E-state index is 14.4. The summed E-state index contributed by atoms with van der Waals surface area (Å²) >= 11 is 0. The first-order valence-electron chi connectivity index (χ1n) is 9.83. The Hall–Kier alpha value is -2.45. The number of rotatable bonds is 7. The molecule has 1 aliphatic rings.